The molecule has 1 aromatic carbocycles. The van der Waals surface area contributed by atoms with Crippen molar-refractivity contribution in [2.45, 2.75) is 6.92 Å². The summed E-state index contributed by atoms with van der Waals surface area (Å²) in [5.74, 6) is -1.09. The van der Waals surface area contributed by atoms with Crippen molar-refractivity contribution in [2.24, 2.45) is 0 Å². The summed E-state index contributed by atoms with van der Waals surface area (Å²) < 4.78 is 0. The quantitative estimate of drug-likeness (QED) is 0.706. The smallest absolute Gasteiger partial charge is 0.337 e. The Bertz CT molecular complexity index is 333. The summed E-state index contributed by atoms with van der Waals surface area (Å²) in [6.45, 7) is 1.56. The lowest BCUT2D eigenvalue weighted by Crippen LogP contribution is -1.98. The molecule has 0 aliphatic heterocycles. The van der Waals surface area contributed by atoms with Crippen molar-refractivity contribution in [3.05, 3.63) is 28.3 Å². The highest BCUT2D eigenvalue weighted by atomic mass is 35.5. The van der Waals surface area contributed by atoms with Gasteiger partial charge in [0.05, 0.1) is 10.6 Å². The Morgan fingerprint density at radius 3 is 2.58 bits per heavy atom. The van der Waals surface area contributed by atoms with E-state index < -0.39 is 5.97 Å². The third-order valence-corrected chi connectivity index (χ3v) is 2.08. The van der Waals surface area contributed by atoms with Crippen molar-refractivity contribution < 1.29 is 15.0 Å². The second kappa shape index (κ2) is 3.03. The second-order valence-corrected chi connectivity index (χ2v) is 2.75. The Kier molecular flexibility index (Phi) is 2.24. The summed E-state index contributed by atoms with van der Waals surface area (Å²) in [7, 11) is 0. The van der Waals surface area contributed by atoms with Crippen molar-refractivity contribution in [3.8, 4) is 5.75 Å². The van der Waals surface area contributed by atoms with Crippen molar-refractivity contribution >= 4 is 17.6 Å². The molecule has 0 spiro atoms. The molecular formula is C8H7ClO3. The van der Waals surface area contributed by atoms with Gasteiger partial charge < -0.3 is 10.2 Å². The third kappa shape index (κ3) is 1.36. The third-order valence-electron chi connectivity index (χ3n) is 1.59. The molecule has 2 N–H and O–H groups in total. The molecule has 0 saturated heterocycles. The topological polar surface area (TPSA) is 57.5 Å². The largest absolute Gasteiger partial charge is 0.508 e. The normalized spacial score (nSPS) is 9.83. The van der Waals surface area contributed by atoms with Crippen molar-refractivity contribution in [2.75, 3.05) is 0 Å². The highest BCUT2D eigenvalue weighted by Gasteiger charge is 2.12. The molecule has 0 amide bonds. The van der Waals surface area contributed by atoms with Gasteiger partial charge in [-0.05, 0) is 19.1 Å². The Balaban J connectivity index is 3.36. The first-order valence-electron chi connectivity index (χ1n) is 3.25. The Morgan fingerprint density at radius 2 is 2.08 bits per heavy atom. The van der Waals surface area contributed by atoms with Crippen LogP contribution in [0.2, 0.25) is 5.02 Å². The molecule has 1 aromatic rings. The maximum Gasteiger partial charge on any atom is 0.337 e. The van der Waals surface area contributed by atoms with Crippen molar-refractivity contribution in [1.82, 2.24) is 0 Å². The molecule has 0 fully saturated rings. The highest BCUT2D eigenvalue weighted by molar-refractivity contribution is 6.34. The summed E-state index contributed by atoms with van der Waals surface area (Å²) in [6.07, 6.45) is 0. The average molecular weight is 187 g/mol. The van der Waals surface area contributed by atoms with Crippen LogP contribution in [0.3, 0.4) is 0 Å². The van der Waals surface area contributed by atoms with E-state index in [9.17, 15) is 4.79 Å². The van der Waals surface area contributed by atoms with Crippen LogP contribution in [-0.4, -0.2) is 16.2 Å². The number of hydrogen-bond donors (Lipinski definition) is 2. The Labute approximate surface area is 74.2 Å². The minimum atomic E-state index is -1.09. The predicted octanol–water partition coefficient (Wildman–Crippen LogP) is 2.05. The van der Waals surface area contributed by atoms with Crippen LogP contribution in [0.25, 0.3) is 0 Å². The summed E-state index contributed by atoms with van der Waals surface area (Å²) in [4.78, 5) is 10.5. The van der Waals surface area contributed by atoms with E-state index >= 15 is 0 Å². The average Bonchev–Trinajstić information content (AvgIpc) is 2.00. The van der Waals surface area contributed by atoms with Gasteiger partial charge in [-0.15, -0.1) is 0 Å². The molecule has 12 heavy (non-hydrogen) atoms. The molecule has 0 atom stereocenters. The van der Waals surface area contributed by atoms with E-state index in [1.807, 2.05) is 0 Å². The molecular weight excluding hydrogens is 180 g/mol. The fourth-order valence-corrected chi connectivity index (χ4v) is 1.08. The lowest BCUT2D eigenvalue weighted by atomic mass is 10.1. The van der Waals surface area contributed by atoms with Gasteiger partial charge in [-0.3, -0.25) is 0 Å². The van der Waals surface area contributed by atoms with E-state index in [0.717, 1.165) is 0 Å². The second-order valence-electron chi connectivity index (χ2n) is 2.38. The molecule has 0 aromatic heterocycles. The first-order chi connectivity index (χ1) is 5.54. The number of rotatable bonds is 1. The molecule has 3 nitrogen and oxygen atoms in total. The van der Waals surface area contributed by atoms with Crippen molar-refractivity contribution in [3.63, 3.8) is 0 Å². The summed E-state index contributed by atoms with van der Waals surface area (Å²) >= 11 is 5.65. The van der Waals surface area contributed by atoms with Gasteiger partial charge in [0.25, 0.3) is 0 Å². The van der Waals surface area contributed by atoms with Crippen LogP contribution in [0.15, 0.2) is 12.1 Å². The summed E-state index contributed by atoms with van der Waals surface area (Å²) in [5, 5.41) is 17.8. The molecule has 0 aliphatic rings. The monoisotopic (exact) mass is 186 g/mol. The molecule has 4 heteroatoms. The van der Waals surface area contributed by atoms with E-state index in [2.05, 4.69) is 0 Å². The van der Waals surface area contributed by atoms with Gasteiger partial charge in [-0.25, -0.2) is 4.79 Å². The first-order valence-corrected chi connectivity index (χ1v) is 3.63. The van der Waals surface area contributed by atoms with E-state index in [4.69, 9.17) is 21.8 Å². The fraction of sp³-hybridized carbons (Fsp3) is 0.125. The van der Waals surface area contributed by atoms with Crippen LogP contribution in [-0.2, 0) is 0 Å². The predicted molar refractivity (Wildman–Crippen MR) is 44.8 cm³/mol. The van der Waals surface area contributed by atoms with E-state index in [1.165, 1.54) is 12.1 Å². The summed E-state index contributed by atoms with van der Waals surface area (Å²) in [5.41, 5.74) is 0.392. The number of carbonyl (C=O) groups is 1. The standard InChI is InChI=1S/C8H7ClO3/c1-4-6(10)3-2-5(7(4)9)8(11)12/h2-3,10H,1H3,(H,11,12). The number of aromatic carboxylic acids is 1. The number of hydrogen-bond acceptors (Lipinski definition) is 2. The minimum absolute atomic E-state index is 0.00463. The number of halogens is 1. The van der Waals surface area contributed by atoms with Gasteiger partial charge in [0.1, 0.15) is 5.75 Å². The van der Waals surface area contributed by atoms with E-state index in [0.29, 0.717) is 5.56 Å². The van der Waals surface area contributed by atoms with Crippen LogP contribution < -0.4 is 0 Å². The van der Waals surface area contributed by atoms with Gasteiger partial charge >= 0.3 is 5.97 Å². The molecule has 0 radical (unpaired) electrons. The highest BCUT2D eigenvalue weighted by Crippen LogP contribution is 2.27. The maximum atomic E-state index is 10.5. The van der Waals surface area contributed by atoms with Crippen LogP contribution in [0.1, 0.15) is 15.9 Å². The summed E-state index contributed by atoms with van der Waals surface area (Å²) in [6, 6.07) is 2.58. The van der Waals surface area contributed by atoms with Gasteiger partial charge in [-0.1, -0.05) is 11.6 Å². The van der Waals surface area contributed by atoms with Gasteiger partial charge in [0, 0.05) is 5.56 Å². The lowest BCUT2D eigenvalue weighted by molar-refractivity contribution is 0.0697. The number of phenolic OH excluding ortho intramolecular Hbond substituents is 1. The molecule has 0 heterocycles. The Hall–Kier alpha value is -1.22. The van der Waals surface area contributed by atoms with Crippen LogP contribution in [0.4, 0.5) is 0 Å². The zero-order valence-corrected chi connectivity index (χ0v) is 7.09. The molecule has 0 saturated carbocycles. The van der Waals surface area contributed by atoms with E-state index in [-0.39, 0.29) is 16.3 Å². The van der Waals surface area contributed by atoms with Gasteiger partial charge in [0.2, 0.25) is 0 Å². The SMILES string of the molecule is Cc1c(O)ccc(C(=O)O)c1Cl. The van der Waals surface area contributed by atoms with Crippen LogP contribution >= 0.6 is 11.6 Å². The maximum absolute atomic E-state index is 10.5. The zero-order valence-electron chi connectivity index (χ0n) is 6.34. The minimum Gasteiger partial charge on any atom is -0.508 e. The fourth-order valence-electron chi connectivity index (χ4n) is 0.840. The molecule has 0 aliphatic carbocycles. The van der Waals surface area contributed by atoms with Crippen molar-refractivity contribution in [1.29, 1.82) is 0 Å². The van der Waals surface area contributed by atoms with Gasteiger partial charge in [-0.2, -0.15) is 0 Å². The Morgan fingerprint density at radius 1 is 1.50 bits per heavy atom. The molecule has 1 rings (SSSR count). The zero-order chi connectivity index (χ0) is 9.30. The first kappa shape index (κ1) is 8.87. The molecule has 64 valence electrons. The number of carboxylic acids is 1. The number of carboxylic acid groups (broad SMARTS) is 1. The van der Waals surface area contributed by atoms with E-state index in [1.54, 1.807) is 6.92 Å². The van der Waals surface area contributed by atoms with Crippen LogP contribution in [0.5, 0.6) is 5.75 Å². The number of phenols is 1. The van der Waals surface area contributed by atoms with Crippen LogP contribution in [0, 0.1) is 6.92 Å². The lowest BCUT2D eigenvalue weighted by Gasteiger charge is -2.03. The molecule has 0 bridgehead atoms. The number of benzene rings is 1. The van der Waals surface area contributed by atoms with Gasteiger partial charge in [0.15, 0.2) is 0 Å². The number of aromatic hydroxyl groups is 1. The molecule has 0 unspecified atom stereocenters.